The fraction of sp³-hybridized carbons (Fsp3) is 0.429. The summed E-state index contributed by atoms with van der Waals surface area (Å²) in [5.74, 6) is -0.640. The number of benzene rings is 1. The number of carboxylic acids is 1. The van der Waals surface area contributed by atoms with E-state index in [9.17, 15) is 9.59 Å². The van der Waals surface area contributed by atoms with Crippen LogP contribution in [0.4, 0.5) is 0 Å². The lowest BCUT2D eigenvalue weighted by atomic mass is 10.1. The number of carboxylic acid groups (broad SMARTS) is 1. The third-order valence-electron chi connectivity index (χ3n) is 2.61. The van der Waals surface area contributed by atoms with Gasteiger partial charge in [-0.1, -0.05) is 32.9 Å². The van der Waals surface area contributed by atoms with Crippen LogP contribution in [0.2, 0.25) is 0 Å². The van der Waals surface area contributed by atoms with Crippen LogP contribution in [-0.2, 0) is 4.79 Å². The number of Topliss-reactive ketones (excluding diaryl/α,β-unsaturated/α-hetero) is 1. The highest BCUT2D eigenvalue weighted by molar-refractivity contribution is 8.00. The Hall–Kier alpha value is -1.29. The van der Waals surface area contributed by atoms with Crippen LogP contribution >= 0.6 is 11.8 Å². The van der Waals surface area contributed by atoms with Gasteiger partial charge in [0.25, 0.3) is 0 Å². The minimum absolute atomic E-state index is 0.0597. The van der Waals surface area contributed by atoms with Crippen LogP contribution in [0.15, 0.2) is 29.2 Å². The Kier molecular flexibility index (Phi) is 5.41. The number of rotatable bonds is 6. The summed E-state index contributed by atoms with van der Waals surface area (Å²) in [6.07, 6.45) is 0.482. The standard InChI is InChI=1S/C14H18O3S/c1-4-12(15)10-5-7-11(8-6-10)18-13(9(2)3)14(16)17/h5-9,13H,4H2,1-3H3,(H,16,17). The van der Waals surface area contributed by atoms with Gasteiger partial charge in [-0.25, -0.2) is 0 Å². The van der Waals surface area contributed by atoms with E-state index in [0.717, 1.165) is 4.90 Å². The lowest BCUT2D eigenvalue weighted by Gasteiger charge is -2.15. The molecule has 0 saturated heterocycles. The van der Waals surface area contributed by atoms with Crippen molar-refractivity contribution in [2.75, 3.05) is 0 Å². The molecule has 18 heavy (non-hydrogen) atoms. The van der Waals surface area contributed by atoms with E-state index in [4.69, 9.17) is 5.11 Å². The van der Waals surface area contributed by atoms with Crippen LogP contribution < -0.4 is 0 Å². The largest absolute Gasteiger partial charge is 0.480 e. The highest BCUT2D eigenvalue weighted by atomic mass is 32.2. The average molecular weight is 266 g/mol. The first-order chi connectivity index (χ1) is 8.45. The molecule has 1 rings (SSSR count). The molecule has 0 saturated carbocycles. The topological polar surface area (TPSA) is 54.4 Å². The fourth-order valence-electron chi connectivity index (χ4n) is 1.54. The van der Waals surface area contributed by atoms with Gasteiger partial charge < -0.3 is 5.11 Å². The molecule has 4 heteroatoms. The molecule has 1 N–H and O–H groups in total. The lowest BCUT2D eigenvalue weighted by molar-refractivity contribution is -0.137. The normalized spacial score (nSPS) is 12.4. The van der Waals surface area contributed by atoms with E-state index >= 15 is 0 Å². The molecule has 98 valence electrons. The molecular weight excluding hydrogens is 248 g/mol. The van der Waals surface area contributed by atoms with E-state index < -0.39 is 11.2 Å². The Balaban J connectivity index is 2.79. The maximum absolute atomic E-state index is 11.5. The first kappa shape index (κ1) is 14.8. The van der Waals surface area contributed by atoms with Gasteiger partial charge in [0, 0.05) is 16.9 Å². The van der Waals surface area contributed by atoms with Gasteiger partial charge in [0.1, 0.15) is 5.25 Å². The van der Waals surface area contributed by atoms with Crippen molar-refractivity contribution < 1.29 is 14.7 Å². The van der Waals surface area contributed by atoms with Crippen molar-refractivity contribution in [1.82, 2.24) is 0 Å². The molecule has 0 amide bonds. The number of hydrogen-bond acceptors (Lipinski definition) is 3. The first-order valence-electron chi connectivity index (χ1n) is 5.98. The number of ketones is 1. The SMILES string of the molecule is CCC(=O)c1ccc(SC(C(=O)O)C(C)C)cc1. The molecule has 0 radical (unpaired) electrons. The van der Waals surface area contributed by atoms with Crippen LogP contribution in [0.25, 0.3) is 0 Å². The molecule has 0 heterocycles. The van der Waals surface area contributed by atoms with Crippen LogP contribution in [0.5, 0.6) is 0 Å². The maximum Gasteiger partial charge on any atom is 0.317 e. The zero-order valence-corrected chi connectivity index (χ0v) is 11.7. The molecule has 0 aromatic heterocycles. The third kappa shape index (κ3) is 3.88. The minimum atomic E-state index is -0.802. The maximum atomic E-state index is 11.5. The van der Waals surface area contributed by atoms with Crippen LogP contribution in [0, 0.1) is 5.92 Å². The van der Waals surface area contributed by atoms with E-state index in [2.05, 4.69) is 0 Å². The van der Waals surface area contributed by atoms with Gasteiger partial charge in [-0.05, 0) is 18.1 Å². The third-order valence-corrected chi connectivity index (χ3v) is 4.15. The second kappa shape index (κ2) is 6.59. The molecule has 0 aliphatic rings. The second-order valence-corrected chi connectivity index (χ2v) is 5.64. The van der Waals surface area contributed by atoms with Crippen LogP contribution in [-0.4, -0.2) is 22.1 Å². The fourth-order valence-corrected chi connectivity index (χ4v) is 2.50. The smallest absolute Gasteiger partial charge is 0.317 e. The molecule has 1 unspecified atom stereocenters. The summed E-state index contributed by atoms with van der Waals surface area (Å²) in [6, 6.07) is 7.14. The summed E-state index contributed by atoms with van der Waals surface area (Å²) in [5, 5.41) is 8.65. The van der Waals surface area contributed by atoms with Crippen LogP contribution in [0.3, 0.4) is 0 Å². The summed E-state index contributed by atoms with van der Waals surface area (Å²) < 4.78 is 0. The monoisotopic (exact) mass is 266 g/mol. The Morgan fingerprint density at radius 1 is 1.22 bits per heavy atom. The highest BCUT2D eigenvalue weighted by Gasteiger charge is 2.22. The zero-order valence-electron chi connectivity index (χ0n) is 10.8. The van der Waals surface area contributed by atoms with Crippen molar-refractivity contribution in [2.24, 2.45) is 5.92 Å². The summed E-state index contributed by atoms with van der Waals surface area (Å²) >= 11 is 1.32. The van der Waals surface area contributed by atoms with Gasteiger partial charge in [0.2, 0.25) is 0 Å². The molecule has 0 fully saturated rings. The summed E-state index contributed by atoms with van der Waals surface area (Å²) in [5.41, 5.74) is 0.679. The van der Waals surface area contributed by atoms with E-state index in [1.54, 1.807) is 12.1 Å². The van der Waals surface area contributed by atoms with Gasteiger partial charge in [0.05, 0.1) is 0 Å². The van der Waals surface area contributed by atoms with Crippen LogP contribution in [0.1, 0.15) is 37.6 Å². The summed E-state index contributed by atoms with van der Waals surface area (Å²) in [7, 11) is 0. The van der Waals surface area contributed by atoms with Crippen molar-refractivity contribution in [2.45, 2.75) is 37.3 Å². The number of carbonyl (C=O) groups excluding carboxylic acids is 1. The Morgan fingerprint density at radius 2 is 1.78 bits per heavy atom. The molecule has 0 bridgehead atoms. The van der Waals surface area contributed by atoms with Gasteiger partial charge in [-0.3, -0.25) is 9.59 Å². The van der Waals surface area contributed by atoms with E-state index in [1.807, 2.05) is 32.9 Å². The second-order valence-electron chi connectivity index (χ2n) is 4.42. The van der Waals surface area contributed by atoms with E-state index in [1.165, 1.54) is 11.8 Å². The Bertz CT molecular complexity index is 423. The van der Waals surface area contributed by atoms with Gasteiger partial charge in [0.15, 0.2) is 5.78 Å². The predicted molar refractivity (Wildman–Crippen MR) is 73.2 cm³/mol. The average Bonchev–Trinajstić information content (AvgIpc) is 2.35. The van der Waals surface area contributed by atoms with Crippen molar-refractivity contribution in [3.05, 3.63) is 29.8 Å². The summed E-state index contributed by atoms with van der Waals surface area (Å²) in [6.45, 7) is 5.60. The highest BCUT2D eigenvalue weighted by Crippen LogP contribution is 2.28. The first-order valence-corrected chi connectivity index (χ1v) is 6.86. The number of hydrogen-bond donors (Lipinski definition) is 1. The molecular formula is C14H18O3S. The molecule has 1 atom stereocenters. The molecule has 3 nitrogen and oxygen atoms in total. The number of thioether (sulfide) groups is 1. The Morgan fingerprint density at radius 3 is 2.17 bits per heavy atom. The zero-order chi connectivity index (χ0) is 13.7. The van der Waals surface area contributed by atoms with Crippen molar-refractivity contribution in [3.8, 4) is 0 Å². The molecule has 0 aliphatic carbocycles. The number of carbonyl (C=O) groups is 2. The van der Waals surface area contributed by atoms with E-state index in [-0.39, 0.29) is 11.7 Å². The number of aliphatic carboxylic acids is 1. The molecule has 1 aromatic carbocycles. The van der Waals surface area contributed by atoms with Crippen molar-refractivity contribution in [3.63, 3.8) is 0 Å². The van der Waals surface area contributed by atoms with Crippen molar-refractivity contribution in [1.29, 1.82) is 0 Å². The van der Waals surface area contributed by atoms with Gasteiger partial charge in [-0.2, -0.15) is 0 Å². The molecule has 0 aliphatic heterocycles. The minimum Gasteiger partial charge on any atom is -0.480 e. The predicted octanol–water partition coefficient (Wildman–Crippen LogP) is 3.48. The Labute approximate surface area is 112 Å². The molecule has 0 spiro atoms. The van der Waals surface area contributed by atoms with Crippen molar-refractivity contribution >= 4 is 23.5 Å². The van der Waals surface area contributed by atoms with Gasteiger partial charge >= 0.3 is 5.97 Å². The van der Waals surface area contributed by atoms with Gasteiger partial charge in [-0.15, -0.1) is 11.8 Å². The molecule has 1 aromatic rings. The quantitative estimate of drug-likeness (QED) is 0.632. The summed E-state index contributed by atoms with van der Waals surface area (Å²) in [4.78, 5) is 23.4. The lowest BCUT2D eigenvalue weighted by Crippen LogP contribution is -2.22. The van der Waals surface area contributed by atoms with E-state index in [0.29, 0.717) is 12.0 Å².